The minimum absolute atomic E-state index is 0.111. The highest BCUT2D eigenvalue weighted by molar-refractivity contribution is 7.16. The number of fused-ring (bicyclic) bond motifs is 1. The van der Waals surface area contributed by atoms with Crippen molar-refractivity contribution in [2.45, 2.75) is 26.2 Å². The molecule has 0 unspecified atom stereocenters. The quantitative estimate of drug-likeness (QED) is 0.324. The van der Waals surface area contributed by atoms with Gasteiger partial charge < -0.3 is 20.1 Å². The van der Waals surface area contributed by atoms with Crippen molar-refractivity contribution >= 4 is 28.2 Å². The number of nitrogens with two attached hydrogens (primary N) is 1. The van der Waals surface area contributed by atoms with Crippen molar-refractivity contribution < 1.29 is 19.1 Å². The molecule has 5 rings (SSSR count). The molecule has 3 aromatic carbocycles. The Kier molecular flexibility index (Phi) is 7.00. The first kappa shape index (κ1) is 23.6. The summed E-state index contributed by atoms with van der Waals surface area (Å²) < 4.78 is 11.3. The Morgan fingerprint density at radius 1 is 0.861 bits per heavy atom. The summed E-state index contributed by atoms with van der Waals surface area (Å²) in [5.41, 5.74) is 10.3. The zero-order valence-corrected chi connectivity index (χ0v) is 20.5. The zero-order valence-electron chi connectivity index (χ0n) is 19.7. The van der Waals surface area contributed by atoms with Crippen LogP contribution in [0.25, 0.3) is 0 Å². The molecule has 4 aromatic rings. The van der Waals surface area contributed by atoms with Crippen molar-refractivity contribution in [2.24, 2.45) is 0 Å². The number of rotatable bonds is 7. The van der Waals surface area contributed by atoms with Crippen LogP contribution < -0.4 is 10.5 Å². The van der Waals surface area contributed by atoms with E-state index in [9.17, 15) is 9.59 Å². The van der Waals surface area contributed by atoms with Crippen molar-refractivity contribution in [3.63, 3.8) is 0 Å². The molecule has 1 amide bonds. The first-order valence-electron chi connectivity index (χ1n) is 11.8. The molecule has 1 aliphatic rings. The molecule has 0 fully saturated rings. The Balaban J connectivity index is 1.23. The molecule has 0 aliphatic carbocycles. The van der Waals surface area contributed by atoms with Crippen LogP contribution in [0.2, 0.25) is 0 Å². The highest BCUT2D eigenvalue weighted by Crippen LogP contribution is 2.37. The summed E-state index contributed by atoms with van der Waals surface area (Å²) in [5.74, 6) is 0.583. The number of anilines is 1. The smallest absolute Gasteiger partial charge is 0.410 e. The SMILES string of the molecule is Nc1sc2c(c1C(=O)c1ccc(OCc3ccccc3)cc1)CCN(C(=O)OCc1ccccc1)C2. The number of hydrogen-bond acceptors (Lipinski definition) is 6. The summed E-state index contributed by atoms with van der Waals surface area (Å²) in [6, 6.07) is 26.6. The van der Waals surface area contributed by atoms with Gasteiger partial charge in [0.05, 0.1) is 17.1 Å². The van der Waals surface area contributed by atoms with Gasteiger partial charge in [-0.3, -0.25) is 4.79 Å². The van der Waals surface area contributed by atoms with Gasteiger partial charge in [0.1, 0.15) is 19.0 Å². The van der Waals surface area contributed by atoms with E-state index in [1.54, 1.807) is 29.2 Å². The minimum Gasteiger partial charge on any atom is -0.489 e. The van der Waals surface area contributed by atoms with Crippen molar-refractivity contribution in [1.82, 2.24) is 4.90 Å². The summed E-state index contributed by atoms with van der Waals surface area (Å²) in [6.45, 7) is 1.55. The van der Waals surface area contributed by atoms with Gasteiger partial charge in [-0.2, -0.15) is 0 Å². The number of nitrogens with zero attached hydrogens (tertiary/aromatic N) is 1. The summed E-state index contributed by atoms with van der Waals surface area (Å²) in [4.78, 5) is 28.5. The summed E-state index contributed by atoms with van der Waals surface area (Å²) in [6.07, 6.45) is 0.193. The number of amides is 1. The van der Waals surface area contributed by atoms with Gasteiger partial charge in [0, 0.05) is 17.0 Å². The third-order valence-electron chi connectivity index (χ3n) is 6.14. The van der Waals surface area contributed by atoms with Crippen LogP contribution in [0, 0.1) is 0 Å². The molecule has 36 heavy (non-hydrogen) atoms. The minimum atomic E-state index is -0.365. The van der Waals surface area contributed by atoms with E-state index in [1.165, 1.54) is 11.3 Å². The number of hydrogen-bond donors (Lipinski definition) is 1. The van der Waals surface area contributed by atoms with Gasteiger partial charge in [0.25, 0.3) is 0 Å². The van der Waals surface area contributed by atoms with E-state index in [1.807, 2.05) is 60.7 Å². The Morgan fingerprint density at radius 3 is 2.17 bits per heavy atom. The topological polar surface area (TPSA) is 81.9 Å². The van der Waals surface area contributed by atoms with Gasteiger partial charge in [-0.05, 0) is 47.4 Å². The fourth-order valence-electron chi connectivity index (χ4n) is 4.23. The number of benzene rings is 3. The lowest BCUT2D eigenvalue weighted by molar-refractivity contribution is 0.0923. The number of ketones is 1. The Bertz CT molecular complexity index is 1350. The predicted octanol–water partition coefficient (Wildman–Crippen LogP) is 5.84. The highest BCUT2D eigenvalue weighted by atomic mass is 32.1. The van der Waals surface area contributed by atoms with E-state index in [0.717, 1.165) is 21.6 Å². The van der Waals surface area contributed by atoms with Crippen molar-refractivity contribution in [2.75, 3.05) is 12.3 Å². The van der Waals surface area contributed by atoms with Crippen LogP contribution in [0.15, 0.2) is 84.9 Å². The fraction of sp³-hybridized carbons (Fsp3) is 0.172. The number of carbonyl (C=O) groups is 2. The van der Waals surface area contributed by atoms with Crippen LogP contribution in [0.3, 0.4) is 0 Å². The number of nitrogen functional groups attached to an aromatic ring is 1. The maximum atomic E-state index is 13.3. The zero-order chi connectivity index (χ0) is 24.9. The van der Waals surface area contributed by atoms with Crippen LogP contribution in [0.4, 0.5) is 9.80 Å². The monoisotopic (exact) mass is 498 g/mol. The Morgan fingerprint density at radius 2 is 1.50 bits per heavy atom. The summed E-state index contributed by atoms with van der Waals surface area (Å²) in [5, 5.41) is 0.480. The first-order chi connectivity index (χ1) is 17.6. The second-order valence-corrected chi connectivity index (χ2v) is 9.72. The standard InChI is InChI=1S/C29H26N2O4S/c30-28-26(27(32)22-11-13-23(14-12-22)34-18-20-7-3-1-4-8-20)24-15-16-31(17-25(24)36-28)29(33)35-19-21-9-5-2-6-10-21/h1-14H,15-19,30H2. The van der Waals surface area contributed by atoms with Gasteiger partial charge in [0.15, 0.2) is 5.78 Å². The molecule has 2 heterocycles. The third kappa shape index (κ3) is 5.26. The molecule has 7 heteroatoms. The van der Waals surface area contributed by atoms with E-state index in [2.05, 4.69) is 0 Å². The van der Waals surface area contributed by atoms with E-state index in [0.29, 0.717) is 48.0 Å². The highest BCUT2D eigenvalue weighted by Gasteiger charge is 2.30. The molecule has 0 atom stereocenters. The van der Waals surface area contributed by atoms with Gasteiger partial charge >= 0.3 is 6.09 Å². The van der Waals surface area contributed by atoms with E-state index in [-0.39, 0.29) is 18.5 Å². The Hall–Kier alpha value is -4.10. The average Bonchev–Trinajstić information content (AvgIpc) is 3.26. The van der Waals surface area contributed by atoms with Crippen LogP contribution in [0.1, 0.15) is 37.5 Å². The van der Waals surface area contributed by atoms with Crippen LogP contribution in [-0.2, 0) is 30.9 Å². The van der Waals surface area contributed by atoms with Gasteiger partial charge in [-0.1, -0.05) is 60.7 Å². The number of thiophene rings is 1. The van der Waals surface area contributed by atoms with Crippen LogP contribution in [0.5, 0.6) is 5.75 Å². The van der Waals surface area contributed by atoms with Crippen molar-refractivity contribution in [3.8, 4) is 5.75 Å². The Labute approximate surface area is 213 Å². The second kappa shape index (κ2) is 10.7. The van der Waals surface area contributed by atoms with E-state index >= 15 is 0 Å². The summed E-state index contributed by atoms with van der Waals surface area (Å²) in [7, 11) is 0. The molecule has 0 radical (unpaired) electrons. The molecule has 1 aromatic heterocycles. The lowest BCUT2D eigenvalue weighted by atomic mass is 9.96. The lowest BCUT2D eigenvalue weighted by Crippen LogP contribution is -2.36. The average molecular weight is 499 g/mol. The normalized spacial score (nSPS) is 12.6. The number of carbonyl (C=O) groups excluding carboxylic acids is 2. The third-order valence-corrected chi connectivity index (χ3v) is 7.19. The van der Waals surface area contributed by atoms with Crippen molar-refractivity contribution in [1.29, 1.82) is 0 Å². The van der Waals surface area contributed by atoms with Crippen LogP contribution in [-0.4, -0.2) is 23.3 Å². The molecule has 2 N–H and O–H groups in total. The molecule has 0 spiro atoms. The molecule has 0 bridgehead atoms. The maximum absolute atomic E-state index is 13.3. The fourth-order valence-corrected chi connectivity index (χ4v) is 5.36. The number of ether oxygens (including phenoxy) is 2. The summed E-state index contributed by atoms with van der Waals surface area (Å²) >= 11 is 1.37. The van der Waals surface area contributed by atoms with Gasteiger partial charge in [-0.25, -0.2) is 4.79 Å². The first-order valence-corrected chi connectivity index (χ1v) is 12.6. The molecule has 182 valence electrons. The van der Waals surface area contributed by atoms with Gasteiger partial charge in [-0.15, -0.1) is 11.3 Å². The van der Waals surface area contributed by atoms with Crippen LogP contribution >= 0.6 is 11.3 Å². The molecular formula is C29H26N2O4S. The molecule has 1 aliphatic heterocycles. The largest absolute Gasteiger partial charge is 0.489 e. The van der Waals surface area contributed by atoms with E-state index in [4.69, 9.17) is 15.2 Å². The maximum Gasteiger partial charge on any atom is 0.410 e. The molecule has 6 nitrogen and oxygen atoms in total. The predicted molar refractivity (Wildman–Crippen MR) is 140 cm³/mol. The van der Waals surface area contributed by atoms with Crippen molar-refractivity contribution in [3.05, 3.63) is 118 Å². The molecular weight excluding hydrogens is 472 g/mol. The molecule has 0 saturated carbocycles. The van der Waals surface area contributed by atoms with Gasteiger partial charge in [0.2, 0.25) is 0 Å². The second-order valence-electron chi connectivity index (χ2n) is 8.58. The van der Waals surface area contributed by atoms with E-state index < -0.39 is 0 Å². The molecule has 0 saturated heterocycles. The lowest BCUT2D eigenvalue weighted by Gasteiger charge is -2.26.